The molecule has 0 N–H and O–H groups in total. The Morgan fingerprint density at radius 1 is 0.110 bits per heavy atom. The third-order valence-electron chi connectivity index (χ3n) is 28.7. The van der Waals surface area contributed by atoms with Gasteiger partial charge in [0.05, 0.1) is 34.2 Å². The summed E-state index contributed by atoms with van der Waals surface area (Å²) in [6.07, 6.45) is 9.77. The summed E-state index contributed by atoms with van der Waals surface area (Å²) in [5, 5.41) is 0. The molecule has 694 valence electrons. The summed E-state index contributed by atoms with van der Waals surface area (Å²) < 4.78 is 0. The Labute approximate surface area is 855 Å². The van der Waals surface area contributed by atoms with Crippen molar-refractivity contribution >= 4 is 0 Å². The average Bonchev–Trinajstić information content (AvgIpc) is 0.766. The molecule has 0 bridgehead atoms. The van der Waals surface area contributed by atoms with Crippen LogP contribution in [0.4, 0.5) is 0 Å². The number of aryl methyl sites for hydroxylation is 8. The quantitative estimate of drug-likeness (QED) is 0.0673. The van der Waals surface area contributed by atoms with Crippen molar-refractivity contribution in [1.29, 1.82) is 0 Å². The van der Waals surface area contributed by atoms with E-state index in [0.29, 0.717) is 0 Å². The van der Waals surface area contributed by atoms with Gasteiger partial charge >= 0.3 is 0 Å². The van der Waals surface area contributed by atoms with Gasteiger partial charge in [0.25, 0.3) is 0 Å². The van der Waals surface area contributed by atoms with Crippen molar-refractivity contribution in [2.45, 2.75) is 55.4 Å². The Balaban J connectivity index is 0.559. The highest BCUT2D eigenvalue weighted by Gasteiger charge is 2.24. The number of rotatable bonds is 22. The molecule has 0 atom stereocenters. The zero-order valence-electron chi connectivity index (χ0n) is 82.9. The summed E-state index contributed by atoms with van der Waals surface area (Å²) in [4.78, 5) is 30.1. The van der Waals surface area contributed by atoms with Crippen molar-refractivity contribution in [2.24, 2.45) is 0 Å². The van der Waals surface area contributed by atoms with E-state index in [1.807, 2.05) is 24.8 Å². The molecule has 0 saturated heterocycles. The molecule has 5 aromatic heterocycles. The molecule has 6 heteroatoms. The van der Waals surface area contributed by atoms with Crippen LogP contribution in [0, 0.1) is 55.4 Å². The van der Waals surface area contributed by atoms with Crippen molar-refractivity contribution < 1.29 is 0 Å². The maximum Gasteiger partial charge on any atom is 0.116 e. The van der Waals surface area contributed by atoms with Crippen LogP contribution >= 0.6 is 0 Å². The van der Waals surface area contributed by atoms with Gasteiger partial charge in [0.1, 0.15) is 6.33 Å². The standard InChI is InChI=1S/C140H104N6/c1-89-25-21-29-109(69-89)131-84-141-135(73-93(131)5)103-57-45-97(46-58-103)119-33-9-15-39-125(119)113-77-114(126-40-16-10-34-120(126)98-47-59-104(60-48-98)136-74-94(6)132(85-142-136)110-30-22-26-90(2)70-110)80-117(79-113)129-43-19-13-37-123(129)101-53-65-107(66-54-101)139-83-140(146-88-145-139)108-67-55-102(56-68-108)124-38-14-20-44-130(124)118-81-115(127-41-17-11-35-121(127)99-49-61-105(62-50-99)137-75-95(7)133(86-143-137)111-31-23-27-91(3)71-111)78-116(82-118)128-42-18-12-36-122(128)100-51-63-106(64-52-100)138-76-96(8)134(87-144-138)112-32-24-28-92(4)72-112/h9-88H,1-8H3. The van der Waals surface area contributed by atoms with Crippen LogP contribution in [0.5, 0.6) is 0 Å². The molecule has 5 heterocycles. The number of nitrogens with zero attached hydrogens (tertiary/aromatic N) is 6. The molecule has 0 fully saturated rings. The van der Waals surface area contributed by atoms with Gasteiger partial charge in [-0.25, -0.2) is 9.97 Å². The summed E-state index contributed by atoms with van der Waals surface area (Å²) >= 11 is 0. The molecule has 0 aliphatic carbocycles. The van der Waals surface area contributed by atoms with E-state index in [0.717, 1.165) is 223 Å². The monoisotopic (exact) mass is 1870 g/mol. The van der Waals surface area contributed by atoms with E-state index < -0.39 is 0 Å². The second kappa shape index (κ2) is 40.0. The number of benzene rings is 18. The summed E-state index contributed by atoms with van der Waals surface area (Å²) in [5.74, 6) is 0. The fraction of sp³-hybridized carbons (Fsp3) is 0.0571. The molecule has 0 unspecified atom stereocenters. The van der Waals surface area contributed by atoms with Crippen LogP contribution in [0.15, 0.2) is 486 Å². The Hall–Kier alpha value is -18.4. The summed E-state index contributed by atoms with van der Waals surface area (Å²) in [6, 6.07) is 166. The Kier molecular flexibility index (Phi) is 25.0. The summed E-state index contributed by atoms with van der Waals surface area (Å²) in [6.45, 7) is 17.3. The Bertz CT molecular complexity index is 7980. The maximum absolute atomic E-state index is 5.04. The van der Waals surface area contributed by atoms with Crippen LogP contribution in [0.2, 0.25) is 0 Å². The number of hydrogen-bond donors (Lipinski definition) is 0. The minimum Gasteiger partial charge on any atom is -0.256 e. The minimum absolute atomic E-state index is 0.828. The van der Waals surface area contributed by atoms with Crippen molar-refractivity contribution in [3.05, 3.63) is 531 Å². The zero-order chi connectivity index (χ0) is 98.8. The van der Waals surface area contributed by atoms with Crippen LogP contribution in [0.25, 0.3) is 246 Å². The predicted octanol–water partition coefficient (Wildman–Crippen LogP) is 37.2. The average molecular weight is 1870 g/mol. The Morgan fingerprint density at radius 3 is 0.432 bits per heavy atom. The molecule has 146 heavy (non-hydrogen) atoms. The number of pyridine rings is 4. The van der Waals surface area contributed by atoms with Gasteiger partial charge in [0, 0.05) is 80.4 Å². The first-order chi connectivity index (χ1) is 71.6. The van der Waals surface area contributed by atoms with Gasteiger partial charge in [-0.3, -0.25) is 19.9 Å². The number of hydrogen-bond acceptors (Lipinski definition) is 6. The summed E-state index contributed by atoms with van der Waals surface area (Å²) in [7, 11) is 0. The lowest BCUT2D eigenvalue weighted by Crippen LogP contribution is -1.93. The molecule has 0 aliphatic heterocycles. The lowest BCUT2D eigenvalue weighted by molar-refractivity contribution is 1.18. The highest BCUT2D eigenvalue weighted by Crippen LogP contribution is 2.48. The van der Waals surface area contributed by atoms with E-state index in [4.69, 9.17) is 29.9 Å². The largest absolute Gasteiger partial charge is 0.256 e. The molecular formula is C140H104N6. The van der Waals surface area contributed by atoms with Crippen molar-refractivity contribution in [3.63, 3.8) is 0 Å². The van der Waals surface area contributed by atoms with E-state index in [-0.39, 0.29) is 0 Å². The normalized spacial score (nSPS) is 11.3. The highest BCUT2D eigenvalue weighted by molar-refractivity contribution is 5.98. The van der Waals surface area contributed by atoms with Crippen LogP contribution in [0.3, 0.4) is 0 Å². The fourth-order valence-corrected chi connectivity index (χ4v) is 21.0. The molecule has 18 aromatic carbocycles. The molecule has 23 rings (SSSR count). The molecule has 0 amide bonds. The van der Waals surface area contributed by atoms with Gasteiger partial charge in [0.2, 0.25) is 0 Å². The van der Waals surface area contributed by atoms with Gasteiger partial charge in [-0.1, -0.05) is 411 Å². The second-order valence-corrected chi connectivity index (χ2v) is 38.6. The van der Waals surface area contributed by atoms with Crippen molar-refractivity contribution in [3.8, 4) is 246 Å². The van der Waals surface area contributed by atoms with Gasteiger partial charge in [0.15, 0.2) is 0 Å². The van der Waals surface area contributed by atoms with Gasteiger partial charge in [-0.05, 0) is 300 Å². The lowest BCUT2D eigenvalue weighted by Gasteiger charge is -2.18. The maximum atomic E-state index is 5.04. The molecule has 0 saturated carbocycles. The molecule has 0 spiro atoms. The fourth-order valence-electron chi connectivity index (χ4n) is 21.0. The molecule has 6 nitrogen and oxygen atoms in total. The molecule has 0 aliphatic rings. The van der Waals surface area contributed by atoms with Gasteiger partial charge in [-0.15, -0.1) is 0 Å². The third kappa shape index (κ3) is 18.9. The first kappa shape index (κ1) is 91.4. The van der Waals surface area contributed by atoms with Crippen LogP contribution in [-0.2, 0) is 0 Å². The third-order valence-corrected chi connectivity index (χ3v) is 28.7. The van der Waals surface area contributed by atoms with Crippen LogP contribution in [-0.4, -0.2) is 29.9 Å². The van der Waals surface area contributed by atoms with Crippen LogP contribution in [0.1, 0.15) is 44.5 Å². The molecular weight excluding hydrogens is 1770 g/mol. The topological polar surface area (TPSA) is 77.3 Å². The molecule has 23 aromatic rings. The minimum atomic E-state index is 0.828. The Morgan fingerprint density at radius 2 is 0.267 bits per heavy atom. The van der Waals surface area contributed by atoms with E-state index >= 15 is 0 Å². The first-order valence-electron chi connectivity index (χ1n) is 50.1. The van der Waals surface area contributed by atoms with E-state index in [9.17, 15) is 0 Å². The van der Waals surface area contributed by atoms with Crippen molar-refractivity contribution in [1.82, 2.24) is 29.9 Å². The summed E-state index contributed by atoms with van der Waals surface area (Å²) in [5.41, 5.74) is 57.3. The zero-order valence-corrected chi connectivity index (χ0v) is 82.9. The number of aromatic nitrogens is 6. The van der Waals surface area contributed by atoms with Crippen LogP contribution < -0.4 is 0 Å². The molecule has 0 radical (unpaired) electrons. The SMILES string of the molecule is Cc1cccc(-c2cnc(-c3ccc(-c4ccccc4-c4cc(-c5ccccc5-c5ccc(-c6cc(-c7ccc(-c8ccccc8-c8cc(-c9ccccc9-c9ccc(-c%10cc(C)c(-c%11cccc(C)c%11)cn%10)cc9)cc(-c9ccccc9-c9ccc(-c%10cc(C)c(-c%11cccc(C)c%11)cn%10)cc9)c8)cc7)ncn6)cc5)cc(-c5ccccc5-c5ccc(-c6cc(C)c(-c7cccc(C)c7)cn6)cc5)c4)cc3)cc2C)c1. The van der Waals surface area contributed by atoms with Gasteiger partial charge in [-0.2, -0.15) is 0 Å². The van der Waals surface area contributed by atoms with E-state index in [1.165, 1.54) is 66.8 Å². The smallest absolute Gasteiger partial charge is 0.116 e. The van der Waals surface area contributed by atoms with Crippen molar-refractivity contribution in [2.75, 3.05) is 0 Å². The highest BCUT2D eigenvalue weighted by atomic mass is 14.8. The lowest BCUT2D eigenvalue weighted by atomic mass is 9.86. The second-order valence-electron chi connectivity index (χ2n) is 38.6. The van der Waals surface area contributed by atoms with Gasteiger partial charge < -0.3 is 0 Å². The van der Waals surface area contributed by atoms with E-state index in [2.05, 4.69) is 510 Å². The first-order valence-corrected chi connectivity index (χ1v) is 50.1. The predicted molar refractivity (Wildman–Crippen MR) is 611 cm³/mol. The van der Waals surface area contributed by atoms with E-state index in [1.54, 1.807) is 6.33 Å².